The summed E-state index contributed by atoms with van der Waals surface area (Å²) < 4.78 is 6.25. The molecular formula is C26H20BrN3O3. The predicted octanol–water partition coefficient (Wildman–Crippen LogP) is 5.38. The molecule has 0 unspecified atom stereocenters. The molecule has 0 aliphatic carbocycles. The molecule has 0 aliphatic rings. The normalized spacial score (nSPS) is 10.8. The van der Waals surface area contributed by atoms with E-state index < -0.39 is 5.97 Å². The summed E-state index contributed by atoms with van der Waals surface area (Å²) in [6.07, 6.45) is 1.52. The number of hydrogen-bond donors (Lipinski definition) is 2. The lowest BCUT2D eigenvalue weighted by molar-refractivity contribution is -0.119. The Hall–Kier alpha value is -3.97. The Morgan fingerprint density at radius 2 is 1.61 bits per heavy atom. The fraction of sp³-hybridized carbons (Fsp3) is 0.0385. The number of carbonyl (C=O) groups excluding carboxylic acids is 2. The van der Waals surface area contributed by atoms with Crippen LogP contribution in [0.1, 0.15) is 15.9 Å². The van der Waals surface area contributed by atoms with Gasteiger partial charge in [0.25, 0.3) is 5.91 Å². The van der Waals surface area contributed by atoms with Gasteiger partial charge in [-0.3, -0.25) is 4.79 Å². The standard InChI is InChI=1S/C26H20BrN3O3/c27-22-10-7-20(8-11-22)26(32)33-24-13-5-18(6-14-24)16-29-30-25(31)17-28-23-12-9-19-3-1-2-4-21(19)15-23/h1-16,28H,17H2,(H,30,31)/b29-16+. The van der Waals surface area contributed by atoms with E-state index in [1.165, 1.54) is 6.21 Å². The van der Waals surface area contributed by atoms with Gasteiger partial charge in [-0.15, -0.1) is 0 Å². The van der Waals surface area contributed by atoms with Crippen LogP contribution in [0, 0.1) is 0 Å². The molecule has 1 amide bonds. The highest BCUT2D eigenvalue weighted by atomic mass is 79.9. The van der Waals surface area contributed by atoms with Crippen LogP contribution in [0.4, 0.5) is 5.69 Å². The minimum absolute atomic E-state index is 0.0978. The maximum absolute atomic E-state index is 12.2. The van der Waals surface area contributed by atoms with Crippen LogP contribution in [-0.2, 0) is 4.79 Å². The third-order valence-electron chi connectivity index (χ3n) is 4.78. The predicted molar refractivity (Wildman–Crippen MR) is 134 cm³/mol. The van der Waals surface area contributed by atoms with Crippen molar-refractivity contribution in [3.8, 4) is 5.75 Å². The second-order valence-corrected chi connectivity index (χ2v) is 8.09. The molecule has 164 valence electrons. The molecule has 4 rings (SSSR count). The van der Waals surface area contributed by atoms with E-state index in [2.05, 4.69) is 31.8 Å². The summed E-state index contributed by atoms with van der Waals surface area (Å²) in [6.45, 7) is 0.0978. The lowest BCUT2D eigenvalue weighted by atomic mass is 10.1. The van der Waals surface area contributed by atoms with Crippen LogP contribution in [-0.4, -0.2) is 24.6 Å². The molecule has 2 N–H and O–H groups in total. The Morgan fingerprint density at radius 3 is 2.36 bits per heavy atom. The van der Waals surface area contributed by atoms with Crippen LogP contribution in [0.25, 0.3) is 10.8 Å². The topological polar surface area (TPSA) is 79.8 Å². The zero-order valence-corrected chi connectivity index (χ0v) is 19.1. The fourth-order valence-corrected chi connectivity index (χ4v) is 3.34. The van der Waals surface area contributed by atoms with Gasteiger partial charge in [0.05, 0.1) is 18.3 Å². The second-order valence-electron chi connectivity index (χ2n) is 7.17. The van der Waals surface area contributed by atoms with Crippen molar-refractivity contribution in [2.75, 3.05) is 11.9 Å². The smallest absolute Gasteiger partial charge is 0.343 e. The Balaban J connectivity index is 1.25. The number of halogens is 1. The molecule has 0 saturated carbocycles. The Bertz CT molecular complexity index is 1300. The monoisotopic (exact) mass is 501 g/mol. The molecule has 0 bridgehead atoms. The van der Waals surface area contributed by atoms with Crippen LogP contribution in [0.3, 0.4) is 0 Å². The first-order valence-corrected chi connectivity index (χ1v) is 11.0. The van der Waals surface area contributed by atoms with Gasteiger partial charge in [-0.25, -0.2) is 10.2 Å². The molecule has 33 heavy (non-hydrogen) atoms. The van der Waals surface area contributed by atoms with Gasteiger partial charge in [0.1, 0.15) is 5.75 Å². The first-order chi connectivity index (χ1) is 16.1. The molecule has 4 aromatic rings. The maximum atomic E-state index is 12.2. The number of benzene rings is 4. The number of nitrogens with one attached hydrogen (secondary N) is 2. The summed E-state index contributed by atoms with van der Waals surface area (Å²) in [5.74, 6) is -0.279. The zero-order valence-electron chi connectivity index (χ0n) is 17.5. The maximum Gasteiger partial charge on any atom is 0.343 e. The van der Waals surface area contributed by atoms with E-state index in [4.69, 9.17) is 4.74 Å². The number of hydrazone groups is 1. The first kappa shape index (κ1) is 22.2. The SMILES string of the molecule is O=C(CNc1ccc2ccccc2c1)N/N=C/c1ccc(OC(=O)c2ccc(Br)cc2)cc1. The van der Waals surface area contributed by atoms with Crippen LogP contribution >= 0.6 is 15.9 Å². The Kier molecular flexibility index (Phi) is 7.12. The number of ether oxygens (including phenoxy) is 1. The van der Waals surface area contributed by atoms with Gasteiger partial charge in [0.2, 0.25) is 0 Å². The van der Waals surface area contributed by atoms with Crippen molar-refractivity contribution in [1.29, 1.82) is 0 Å². The van der Waals surface area contributed by atoms with Crippen molar-refractivity contribution in [2.45, 2.75) is 0 Å². The number of rotatable bonds is 7. The Labute approximate surface area is 199 Å². The van der Waals surface area contributed by atoms with E-state index in [1.54, 1.807) is 48.5 Å². The highest BCUT2D eigenvalue weighted by molar-refractivity contribution is 9.10. The van der Waals surface area contributed by atoms with Gasteiger partial charge in [-0.1, -0.05) is 46.3 Å². The van der Waals surface area contributed by atoms with E-state index in [9.17, 15) is 9.59 Å². The van der Waals surface area contributed by atoms with Gasteiger partial charge in [-0.2, -0.15) is 5.10 Å². The van der Waals surface area contributed by atoms with Crippen LogP contribution in [0.5, 0.6) is 5.75 Å². The van der Waals surface area contributed by atoms with Gasteiger partial charge in [0, 0.05) is 10.2 Å². The summed E-state index contributed by atoms with van der Waals surface area (Å²) in [5.41, 5.74) is 4.57. The van der Waals surface area contributed by atoms with Crippen molar-refractivity contribution < 1.29 is 14.3 Å². The van der Waals surface area contributed by atoms with Gasteiger partial charge >= 0.3 is 5.97 Å². The lowest BCUT2D eigenvalue weighted by Crippen LogP contribution is -2.25. The molecule has 7 heteroatoms. The van der Waals surface area contributed by atoms with Gasteiger partial charge in [0.15, 0.2) is 0 Å². The summed E-state index contributed by atoms with van der Waals surface area (Å²) in [6, 6.07) is 27.7. The lowest BCUT2D eigenvalue weighted by Gasteiger charge is -2.07. The molecule has 0 radical (unpaired) electrons. The molecule has 0 spiro atoms. The van der Waals surface area contributed by atoms with Crippen molar-refractivity contribution in [1.82, 2.24) is 5.43 Å². The average molecular weight is 502 g/mol. The number of fused-ring (bicyclic) bond motifs is 1. The van der Waals surface area contributed by atoms with Crippen LogP contribution in [0.2, 0.25) is 0 Å². The third kappa shape index (κ3) is 6.27. The van der Waals surface area contributed by atoms with Crippen LogP contribution in [0.15, 0.2) is 101 Å². The first-order valence-electron chi connectivity index (χ1n) is 10.2. The number of anilines is 1. The Morgan fingerprint density at radius 1 is 0.879 bits per heavy atom. The van der Waals surface area contributed by atoms with E-state index in [1.807, 2.05) is 42.5 Å². The number of amides is 1. The van der Waals surface area contributed by atoms with Crippen molar-refractivity contribution >= 4 is 50.5 Å². The molecule has 0 atom stereocenters. The molecule has 0 fully saturated rings. The number of carbonyl (C=O) groups is 2. The third-order valence-corrected chi connectivity index (χ3v) is 5.30. The van der Waals surface area contributed by atoms with E-state index >= 15 is 0 Å². The van der Waals surface area contributed by atoms with E-state index in [0.29, 0.717) is 11.3 Å². The quantitative estimate of drug-likeness (QED) is 0.154. The second kappa shape index (κ2) is 10.6. The molecule has 4 aromatic carbocycles. The van der Waals surface area contributed by atoms with E-state index in [-0.39, 0.29) is 12.5 Å². The van der Waals surface area contributed by atoms with Crippen molar-refractivity contribution in [3.63, 3.8) is 0 Å². The minimum Gasteiger partial charge on any atom is -0.423 e. The summed E-state index contributed by atoms with van der Waals surface area (Å²) in [5, 5.41) is 9.31. The van der Waals surface area contributed by atoms with Crippen LogP contribution < -0.4 is 15.5 Å². The minimum atomic E-state index is -0.435. The molecule has 0 aliphatic heterocycles. The largest absolute Gasteiger partial charge is 0.423 e. The highest BCUT2D eigenvalue weighted by Crippen LogP contribution is 2.18. The van der Waals surface area contributed by atoms with Crippen molar-refractivity contribution in [2.24, 2.45) is 5.10 Å². The van der Waals surface area contributed by atoms with E-state index in [0.717, 1.165) is 26.5 Å². The number of hydrogen-bond acceptors (Lipinski definition) is 5. The van der Waals surface area contributed by atoms with Gasteiger partial charge < -0.3 is 10.1 Å². The summed E-state index contributed by atoms with van der Waals surface area (Å²) >= 11 is 3.33. The average Bonchev–Trinajstić information content (AvgIpc) is 2.84. The molecule has 0 heterocycles. The van der Waals surface area contributed by atoms with Gasteiger partial charge in [-0.05, 0) is 77.0 Å². The summed E-state index contributed by atoms with van der Waals surface area (Å²) in [7, 11) is 0. The number of esters is 1. The molecule has 0 saturated heterocycles. The zero-order chi connectivity index (χ0) is 23.0. The summed E-state index contributed by atoms with van der Waals surface area (Å²) in [4.78, 5) is 24.2. The molecule has 6 nitrogen and oxygen atoms in total. The highest BCUT2D eigenvalue weighted by Gasteiger charge is 2.08. The molecule has 0 aromatic heterocycles. The van der Waals surface area contributed by atoms with Crippen molar-refractivity contribution in [3.05, 3.63) is 107 Å². The fourth-order valence-electron chi connectivity index (χ4n) is 3.07. The number of nitrogens with zero attached hydrogens (tertiary/aromatic N) is 1. The molecular weight excluding hydrogens is 482 g/mol.